The highest BCUT2D eigenvalue weighted by atomic mass is 28.3. The summed E-state index contributed by atoms with van der Waals surface area (Å²) in [6.07, 6.45) is 3.64. The molecule has 0 aliphatic carbocycles. The van der Waals surface area contributed by atoms with Gasteiger partial charge in [0.25, 0.3) is 0 Å². The molecule has 2 aliphatic rings. The van der Waals surface area contributed by atoms with E-state index in [9.17, 15) is 0 Å². The lowest BCUT2D eigenvalue weighted by atomic mass is 9.36. The molecule has 0 amide bonds. The molecule has 216 valence electrons. The Morgan fingerprint density at radius 2 is 1.38 bits per heavy atom. The van der Waals surface area contributed by atoms with Gasteiger partial charge in [-0.05, 0) is 51.1 Å². The van der Waals surface area contributed by atoms with Gasteiger partial charge in [0.1, 0.15) is 18.8 Å². The predicted octanol–water partition coefficient (Wildman–Crippen LogP) is 2.73. The summed E-state index contributed by atoms with van der Waals surface area (Å²) in [7, 11) is -0.683. The highest BCUT2D eigenvalue weighted by Crippen LogP contribution is 2.21. The van der Waals surface area contributed by atoms with Gasteiger partial charge in [-0.1, -0.05) is 126 Å². The molecule has 2 aliphatic heterocycles. The lowest BCUT2D eigenvalue weighted by molar-refractivity contribution is 0.463. The lowest BCUT2D eigenvalue weighted by Gasteiger charge is -2.43. The van der Waals surface area contributed by atoms with E-state index in [1.165, 1.54) is 37.1 Å². The van der Waals surface area contributed by atoms with E-state index in [0.29, 0.717) is 5.88 Å². The van der Waals surface area contributed by atoms with Crippen LogP contribution < -0.4 is 46.9 Å². The first-order chi connectivity index (χ1) is 22.2. The van der Waals surface area contributed by atoms with Crippen LogP contribution in [-0.2, 0) is 0 Å². The van der Waals surface area contributed by atoms with Gasteiger partial charge in [-0.15, -0.1) is 0 Å². The van der Waals surface area contributed by atoms with Crippen molar-refractivity contribution in [2.24, 2.45) is 5.10 Å². The molecule has 0 saturated heterocycles. The molecule has 8 rings (SSSR count). The maximum absolute atomic E-state index is 6.38. The van der Waals surface area contributed by atoms with Crippen LogP contribution in [0.4, 0.5) is 5.69 Å². The quantitative estimate of drug-likeness (QED) is 0.276. The number of hydrogen-bond acceptors (Lipinski definition) is 5. The SMILES string of the molecule is CN1C=NN(c2cccc(B3c4ccccc4[Si](c4ccccc4)(c4ccccc4)c4ccc(Oc5ccccn5)cc43)c2)C1. The molecule has 0 spiro atoms. The Kier molecular flexibility index (Phi) is 6.80. The number of benzene rings is 5. The van der Waals surface area contributed by atoms with Gasteiger partial charge < -0.3 is 9.64 Å². The normalized spacial score (nSPS) is 14.6. The van der Waals surface area contributed by atoms with Gasteiger partial charge in [-0.25, -0.2) is 9.99 Å². The predicted molar refractivity (Wildman–Crippen MR) is 189 cm³/mol. The van der Waals surface area contributed by atoms with Crippen LogP contribution in [0.15, 0.2) is 157 Å². The standard InChI is InChI=1S/C38H31BN4OSi/c1-42-27-41-43(28-42)30-14-12-13-29(25-30)39-34-19-8-9-20-36(34)45(32-15-4-2-5-16-32,33-17-6-3-7-18-33)37-23-22-31(26-35(37)39)44-38-21-10-11-24-40-38/h2-27H,28H2,1H3. The Labute approximate surface area is 265 Å². The Morgan fingerprint density at radius 1 is 0.667 bits per heavy atom. The van der Waals surface area contributed by atoms with Crippen LogP contribution in [-0.4, -0.2) is 44.7 Å². The summed E-state index contributed by atoms with van der Waals surface area (Å²) in [5.41, 5.74) is 4.90. The minimum Gasteiger partial charge on any atom is -0.439 e. The molecule has 0 radical (unpaired) electrons. The number of nitrogens with zero attached hydrogens (tertiary/aromatic N) is 4. The molecule has 0 saturated carbocycles. The molecule has 3 heterocycles. The average Bonchev–Trinajstić information content (AvgIpc) is 3.54. The van der Waals surface area contributed by atoms with E-state index >= 15 is 0 Å². The van der Waals surface area contributed by atoms with Crippen molar-refractivity contribution in [3.63, 3.8) is 0 Å². The third kappa shape index (κ3) is 4.64. The molecule has 0 atom stereocenters. The van der Waals surface area contributed by atoms with E-state index in [-0.39, 0.29) is 6.71 Å². The molecular formula is C38H31BN4OSi. The summed E-state index contributed by atoms with van der Waals surface area (Å²) in [5.74, 6) is 1.36. The largest absolute Gasteiger partial charge is 0.439 e. The highest BCUT2D eigenvalue weighted by molar-refractivity contribution is 7.26. The molecule has 7 heteroatoms. The van der Waals surface area contributed by atoms with Crippen LogP contribution >= 0.6 is 0 Å². The molecule has 0 fully saturated rings. The minimum atomic E-state index is -2.73. The monoisotopic (exact) mass is 598 g/mol. The fourth-order valence-electron chi connectivity index (χ4n) is 7.09. The summed E-state index contributed by atoms with van der Waals surface area (Å²) in [4.78, 5) is 6.53. The molecule has 0 unspecified atom stereocenters. The van der Waals surface area contributed by atoms with Gasteiger partial charge in [0, 0.05) is 19.3 Å². The van der Waals surface area contributed by atoms with Crippen molar-refractivity contribution in [2.45, 2.75) is 0 Å². The van der Waals surface area contributed by atoms with E-state index < -0.39 is 8.07 Å². The van der Waals surface area contributed by atoms with Crippen LogP contribution in [0.2, 0.25) is 0 Å². The Hall–Kier alpha value is -5.40. The summed E-state index contributed by atoms with van der Waals surface area (Å²) >= 11 is 0. The van der Waals surface area contributed by atoms with Crippen molar-refractivity contribution in [1.82, 2.24) is 9.88 Å². The molecule has 5 aromatic carbocycles. The summed E-state index contributed by atoms with van der Waals surface area (Å²) in [6, 6.07) is 52.6. The van der Waals surface area contributed by atoms with Gasteiger partial charge >= 0.3 is 0 Å². The van der Waals surface area contributed by atoms with E-state index in [2.05, 4.69) is 142 Å². The fraction of sp³-hybridized carbons (Fsp3) is 0.0526. The second kappa shape index (κ2) is 11.3. The first-order valence-electron chi connectivity index (χ1n) is 15.3. The van der Waals surface area contributed by atoms with Crippen molar-refractivity contribution < 1.29 is 4.74 Å². The third-order valence-electron chi connectivity index (χ3n) is 8.93. The highest BCUT2D eigenvalue weighted by Gasteiger charge is 2.50. The van der Waals surface area contributed by atoms with E-state index in [4.69, 9.17) is 4.74 Å². The number of hydrazone groups is 1. The van der Waals surface area contributed by atoms with Gasteiger partial charge in [0.15, 0.2) is 8.07 Å². The Morgan fingerprint density at radius 3 is 2.09 bits per heavy atom. The van der Waals surface area contributed by atoms with Gasteiger partial charge in [0.2, 0.25) is 12.6 Å². The third-order valence-corrected chi connectivity index (χ3v) is 13.9. The summed E-state index contributed by atoms with van der Waals surface area (Å²) < 4.78 is 6.38. The smallest absolute Gasteiger partial charge is 0.241 e. The Bertz CT molecular complexity index is 1970. The number of fused-ring (bicyclic) bond motifs is 2. The first kappa shape index (κ1) is 27.2. The molecule has 6 aromatic rings. The molecule has 0 N–H and O–H groups in total. The number of anilines is 1. The number of hydrogen-bond donors (Lipinski definition) is 0. The number of aromatic nitrogens is 1. The maximum atomic E-state index is 6.38. The van der Waals surface area contributed by atoms with Crippen LogP contribution in [0, 0.1) is 0 Å². The van der Waals surface area contributed by atoms with Gasteiger partial charge in [-0.2, -0.15) is 5.10 Å². The minimum absolute atomic E-state index is 0.000735. The van der Waals surface area contributed by atoms with Crippen LogP contribution in [0.5, 0.6) is 11.6 Å². The van der Waals surface area contributed by atoms with Gasteiger partial charge in [0.05, 0.1) is 5.69 Å². The Balaban J connectivity index is 1.41. The molecule has 5 nitrogen and oxygen atoms in total. The summed E-state index contributed by atoms with van der Waals surface area (Å²) in [6.45, 7) is 0.724. The van der Waals surface area contributed by atoms with E-state index in [1.807, 2.05) is 36.6 Å². The van der Waals surface area contributed by atoms with Crippen LogP contribution in [0.3, 0.4) is 0 Å². The van der Waals surface area contributed by atoms with Crippen molar-refractivity contribution in [1.29, 1.82) is 0 Å². The lowest BCUT2D eigenvalue weighted by Crippen LogP contribution is -2.86. The number of rotatable bonds is 6. The number of pyridine rings is 1. The molecular weight excluding hydrogens is 567 g/mol. The average molecular weight is 599 g/mol. The first-order valence-corrected chi connectivity index (χ1v) is 17.3. The van der Waals surface area contributed by atoms with Crippen molar-refractivity contribution >= 4 is 63.9 Å². The molecule has 45 heavy (non-hydrogen) atoms. The van der Waals surface area contributed by atoms with Crippen LogP contribution in [0.1, 0.15) is 0 Å². The van der Waals surface area contributed by atoms with Crippen LogP contribution in [0.25, 0.3) is 0 Å². The van der Waals surface area contributed by atoms with E-state index in [0.717, 1.165) is 18.1 Å². The zero-order valence-corrected chi connectivity index (χ0v) is 26.0. The molecule has 0 bridgehead atoms. The second-order valence-corrected chi connectivity index (χ2v) is 15.4. The van der Waals surface area contributed by atoms with Gasteiger partial charge in [-0.3, -0.25) is 0 Å². The fourth-order valence-corrected chi connectivity index (χ4v) is 12.3. The topological polar surface area (TPSA) is 41.0 Å². The van der Waals surface area contributed by atoms with Crippen molar-refractivity contribution in [3.8, 4) is 11.6 Å². The van der Waals surface area contributed by atoms with Crippen molar-refractivity contribution in [3.05, 3.63) is 152 Å². The zero-order chi connectivity index (χ0) is 30.2. The van der Waals surface area contributed by atoms with E-state index in [1.54, 1.807) is 6.20 Å². The second-order valence-electron chi connectivity index (χ2n) is 11.6. The number of ether oxygens (including phenoxy) is 1. The van der Waals surface area contributed by atoms with Crippen molar-refractivity contribution in [2.75, 3.05) is 18.7 Å². The molecule has 1 aromatic heterocycles. The maximum Gasteiger partial charge on any atom is 0.241 e. The zero-order valence-electron chi connectivity index (χ0n) is 25.0. The summed E-state index contributed by atoms with van der Waals surface area (Å²) in [5, 5.41) is 12.2.